The van der Waals surface area contributed by atoms with Crippen LogP contribution in [-0.2, 0) is 4.79 Å². The number of hydrogen-bond donors (Lipinski definition) is 0. The van der Waals surface area contributed by atoms with E-state index in [1.165, 1.54) is 32.1 Å². The van der Waals surface area contributed by atoms with Gasteiger partial charge in [0.2, 0.25) is 0 Å². The van der Waals surface area contributed by atoms with Crippen molar-refractivity contribution in [1.29, 1.82) is 0 Å². The highest BCUT2D eigenvalue weighted by atomic mass is 32.1. The third-order valence-corrected chi connectivity index (χ3v) is 7.26. The van der Waals surface area contributed by atoms with Gasteiger partial charge in [-0.15, -0.1) is 11.3 Å². The summed E-state index contributed by atoms with van der Waals surface area (Å²) in [6.45, 7) is 9.12. The minimum absolute atomic E-state index is 0.166. The molecule has 0 bridgehead atoms. The predicted molar refractivity (Wildman–Crippen MR) is 111 cm³/mol. The molecule has 3 nitrogen and oxygen atoms in total. The van der Waals surface area contributed by atoms with Gasteiger partial charge in [0.25, 0.3) is 5.91 Å². The molecule has 1 spiro atoms. The van der Waals surface area contributed by atoms with Crippen LogP contribution in [0.2, 0.25) is 0 Å². The van der Waals surface area contributed by atoms with Crippen molar-refractivity contribution in [3.8, 4) is 0 Å². The first-order valence-electron chi connectivity index (χ1n) is 10.5. The molecule has 1 saturated carbocycles. The standard InChI is InChI=1S/C22H34N2OS/c1-5-6-7-9-17(4)24-21(25)20(19-10-8-15-26-19)23-22(24)13-11-18(12-14-22)16(2)3/h8,10,15-18H,5-7,9,11-14H2,1-4H3. The van der Waals surface area contributed by atoms with Crippen LogP contribution in [0.15, 0.2) is 22.5 Å². The maximum absolute atomic E-state index is 13.4. The maximum Gasteiger partial charge on any atom is 0.275 e. The average Bonchev–Trinajstić information content (AvgIpc) is 3.22. The highest BCUT2D eigenvalue weighted by molar-refractivity contribution is 7.13. The minimum Gasteiger partial charge on any atom is -0.310 e. The quantitative estimate of drug-likeness (QED) is 0.548. The largest absolute Gasteiger partial charge is 0.310 e. The van der Waals surface area contributed by atoms with Gasteiger partial charge in [-0.25, -0.2) is 4.99 Å². The first kappa shape index (κ1) is 19.6. The molecule has 1 amide bonds. The van der Waals surface area contributed by atoms with E-state index in [9.17, 15) is 4.79 Å². The summed E-state index contributed by atoms with van der Waals surface area (Å²) in [4.78, 5) is 21.7. The molecule has 1 aromatic rings. The molecule has 1 atom stereocenters. The second kappa shape index (κ2) is 8.24. The zero-order chi connectivity index (χ0) is 18.7. The number of unbranched alkanes of at least 4 members (excludes halogenated alkanes) is 2. The molecule has 3 rings (SSSR count). The summed E-state index contributed by atoms with van der Waals surface area (Å²) in [7, 11) is 0. The second-order valence-corrected chi connectivity index (χ2v) is 9.47. The Morgan fingerprint density at radius 3 is 2.58 bits per heavy atom. The summed E-state index contributed by atoms with van der Waals surface area (Å²) in [5.74, 6) is 1.66. The van der Waals surface area contributed by atoms with E-state index in [0.29, 0.717) is 5.71 Å². The molecular weight excluding hydrogens is 340 g/mol. The Morgan fingerprint density at radius 1 is 1.27 bits per heavy atom. The lowest BCUT2D eigenvalue weighted by Crippen LogP contribution is -2.53. The van der Waals surface area contributed by atoms with Gasteiger partial charge >= 0.3 is 0 Å². The van der Waals surface area contributed by atoms with E-state index in [0.717, 1.165) is 36.0 Å². The molecule has 0 N–H and O–H groups in total. The normalized spacial score (nSPS) is 27.4. The van der Waals surface area contributed by atoms with Crippen LogP contribution in [0.25, 0.3) is 0 Å². The monoisotopic (exact) mass is 374 g/mol. The number of thiophene rings is 1. The van der Waals surface area contributed by atoms with Gasteiger partial charge in [-0.1, -0.05) is 46.1 Å². The maximum atomic E-state index is 13.4. The Bertz CT molecular complexity index is 627. The lowest BCUT2D eigenvalue weighted by Gasteiger charge is -2.45. The van der Waals surface area contributed by atoms with Crippen molar-refractivity contribution in [2.45, 2.75) is 90.8 Å². The number of aliphatic imine (C=N–C) groups is 1. The second-order valence-electron chi connectivity index (χ2n) is 8.52. The Kier molecular flexibility index (Phi) is 6.21. The predicted octanol–water partition coefficient (Wildman–Crippen LogP) is 5.89. The molecule has 1 unspecified atom stereocenters. The molecule has 144 valence electrons. The Labute approximate surface area is 162 Å². The summed E-state index contributed by atoms with van der Waals surface area (Å²) >= 11 is 1.63. The third-order valence-electron chi connectivity index (χ3n) is 6.38. The van der Waals surface area contributed by atoms with Crippen molar-refractivity contribution < 1.29 is 4.79 Å². The minimum atomic E-state index is -0.284. The van der Waals surface area contributed by atoms with Crippen LogP contribution in [0.3, 0.4) is 0 Å². The lowest BCUT2D eigenvalue weighted by atomic mass is 9.76. The van der Waals surface area contributed by atoms with E-state index < -0.39 is 0 Å². The van der Waals surface area contributed by atoms with Crippen LogP contribution in [0.4, 0.5) is 0 Å². The summed E-state index contributed by atoms with van der Waals surface area (Å²) in [5.41, 5.74) is 0.429. The fraction of sp³-hybridized carbons (Fsp3) is 0.727. The van der Waals surface area contributed by atoms with E-state index >= 15 is 0 Å². The van der Waals surface area contributed by atoms with Crippen molar-refractivity contribution in [2.75, 3.05) is 0 Å². The molecule has 1 aliphatic heterocycles. The van der Waals surface area contributed by atoms with Crippen molar-refractivity contribution in [2.24, 2.45) is 16.8 Å². The Hall–Kier alpha value is -1.16. The molecule has 1 aliphatic carbocycles. The van der Waals surface area contributed by atoms with Crippen molar-refractivity contribution >= 4 is 23.0 Å². The lowest BCUT2D eigenvalue weighted by molar-refractivity contribution is -0.132. The molecule has 4 heteroatoms. The number of rotatable bonds is 7. The smallest absolute Gasteiger partial charge is 0.275 e. The van der Waals surface area contributed by atoms with E-state index in [4.69, 9.17) is 4.99 Å². The molecule has 26 heavy (non-hydrogen) atoms. The SMILES string of the molecule is CCCCCC(C)N1C(=O)C(c2cccs2)=NC12CCC(C(C)C)CC2. The van der Waals surface area contributed by atoms with Crippen LogP contribution in [-0.4, -0.2) is 28.2 Å². The van der Waals surface area contributed by atoms with Crippen molar-refractivity contribution in [3.05, 3.63) is 22.4 Å². The first-order chi connectivity index (χ1) is 12.5. The summed E-state index contributed by atoms with van der Waals surface area (Å²) in [6, 6.07) is 4.33. The summed E-state index contributed by atoms with van der Waals surface area (Å²) in [5, 5.41) is 2.04. The highest BCUT2D eigenvalue weighted by Gasteiger charge is 2.50. The van der Waals surface area contributed by atoms with Crippen LogP contribution >= 0.6 is 11.3 Å². The van der Waals surface area contributed by atoms with Crippen LogP contribution in [0, 0.1) is 11.8 Å². The van der Waals surface area contributed by atoms with Gasteiger partial charge in [-0.05, 0) is 62.3 Å². The molecule has 1 fully saturated rings. The fourth-order valence-corrected chi connectivity index (χ4v) is 5.44. The molecule has 0 aromatic carbocycles. The molecular formula is C22H34N2OS. The number of hydrogen-bond acceptors (Lipinski definition) is 3. The number of amides is 1. The zero-order valence-corrected chi connectivity index (χ0v) is 17.6. The van der Waals surface area contributed by atoms with Gasteiger partial charge in [-0.3, -0.25) is 4.79 Å². The van der Waals surface area contributed by atoms with Gasteiger partial charge in [0.1, 0.15) is 11.4 Å². The van der Waals surface area contributed by atoms with Gasteiger partial charge in [0, 0.05) is 6.04 Å². The van der Waals surface area contributed by atoms with Crippen molar-refractivity contribution in [1.82, 2.24) is 4.90 Å². The van der Waals surface area contributed by atoms with Gasteiger partial charge < -0.3 is 4.90 Å². The molecule has 1 aromatic heterocycles. The molecule has 0 radical (unpaired) electrons. The van der Waals surface area contributed by atoms with Crippen LogP contribution in [0.1, 0.15) is 83.9 Å². The van der Waals surface area contributed by atoms with Crippen molar-refractivity contribution in [3.63, 3.8) is 0 Å². The average molecular weight is 375 g/mol. The van der Waals surface area contributed by atoms with Crippen LogP contribution in [0.5, 0.6) is 0 Å². The number of carbonyl (C=O) groups is 1. The van der Waals surface area contributed by atoms with Gasteiger partial charge in [-0.2, -0.15) is 0 Å². The molecule has 0 saturated heterocycles. The van der Waals surface area contributed by atoms with E-state index in [1.54, 1.807) is 11.3 Å². The number of carbonyl (C=O) groups excluding carboxylic acids is 1. The Balaban J connectivity index is 1.85. The first-order valence-corrected chi connectivity index (χ1v) is 11.3. The molecule has 2 heterocycles. The highest BCUT2D eigenvalue weighted by Crippen LogP contribution is 2.45. The van der Waals surface area contributed by atoms with Gasteiger partial charge in [0.15, 0.2) is 0 Å². The van der Waals surface area contributed by atoms with E-state index in [-0.39, 0.29) is 17.6 Å². The molecule has 2 aliphatic rings. The third kappa shape index (κ3) is 3.76. The summed E-state index contributed by atoms with van der Waals surface area (Å²) < 4.78 is 0. The van der Waals surface area contributed by atoms with E-state index in [1.807, 2.05) is 17.5 Å². The Morgan fingerprint density at radius 2 is 2.00 bits per heavy atom. The topological polar surface area (TPSA) is 32.7 Å². The number of nitrogens with zero attached hydrogens (tertiary/aromatic N) is 2. The van der Waals surface area contributed by atoms with E-state index in [2.05, 4.69) is 32.6 Å². The summed E-state index contributed by atoms with van der Waals surface area (Å²) in [6.07, 6.45) is 9.16. The van der Waals surface area contributed by atoms with Gasteiger partial charge in [0.05, 0.1) is 4.88 Å². The van der Waals surface area contributed by atoms with Crippen LogP contribution < -0.4 is 0 Å². The fourth-order valence-electron chi connectivity index (χ4n) is 4.74. The zero-order valence-electron chi connectivity index (χ0n) is 16.8.